The molecule has 3 amide bonds. The topological polar surface area (TPSA) is 96.5 Å². The van der Waals surface area contributed by atoms with Crippen molar-refractivity contribution < 1.29 is 41.8 Å². The predicted octanol–water partition coefficient (Wildman–Crippen LogP) is 6.25. The number of halogens is 3. The number of benzene rings is 3. The highest BCUT2D eigenvalue weighted by Gasteiger charge is 2.58. The van der Waals surface area contributed by atoms with E-state index in [1.54, 1.807) is 12.2 Å². The number of rotatable bonds is 13. The zero-order chi connectivity index (χ0) is 35.1. The van der Waals surface area contributed by atoms with E-state index in [1.807, 2.05) is 67.6 Å². The van der Waals surface area contributed by atoms with Crippen molar-refractivity contribution in [2.24, 2.45) is 0 Å². The van der Waals surface area contributed by atoms with Crippen LogP contribution in [0.1, 0.15) is 54.5 Å². The van der Waals surface area contributed by atoms with Crippen LogP contribution in [0.5, 0.6) is 0 Å². The number of hydrogen-bond acceptors (Lipinski definition) is 6. The van der Waals surface area contributed by atoms with Gasteiger partial charge in [0.2, 0.25) is 11.8 Å². The minimum atomic E-state index is -4.57. The summed E-state index contributed by atoms with van der Waals surface area (Å²) in [6, 6.07) is 19.1. The van der Waals surface area contributed by atoms with E-state index in [0.717, 1.165) is 29.7 Å². The van der Waals surface area contributed by atoms with Gasteiger partial charge in [-0.2, -0.15) is 13.2 Å². The number of carbonyl (C=O) groups excluding carboxylic acids is 4. The fraction of sp³-hybridized carbons (Fsp3) is 0.351. The fourth-order valence-corrected chi connectivity index (χ4v) is 6.11. The highest BCUT2D eigenvalue weighted by Crippen LogP contribution is 2.39. The summed E-state index contributed by atoms with van der Waals surface area (Å²) in [7, 11) is 1.40. The number of amides is 3. The number of cyclic esters (lactones) is 1. The van der Waals surface area contributed by atoms with E-state index < -0.39 is 66.2 Å². The van der Waals surface area contributed by atoms with E-state index in [2.05, 4.69) is 0 Å². The van der Waals surface area contributed by atoms with Gasteiger partial charge in [-0.15, -0.1) is 0 Å². The number of nitrogens with zero attached hydrogens (tertiary/aromatic N) is 3. The van der Waals surface area contributed by atoms with Gasteiger partial charge in [0.1, 0.15) is 18.7 Å². The maximum absolute atomic E-state index is 14.2. The van der Waals surface area contributed by atoms with Crippen LogP contribution in [-0.2, 0) is 36.6 Å². The lowest BCUT2D eigenvalue weighted by Gasteiger charge is -2.52. The van der Waals surface area contributed by atoms with Crippen LogP contribution >= 0.6 is 0 Å². The first-order valence-corrected chi connectivity index (χ1v) is 16.1. The molecule has 2 saturated heterocycles. The van der Waals surface area contributed by atoms with Crippen LogP contribution in [0.4, 0.5) is 18.0 Å². The molecule has 0 spiro atoms. The highest BCUT2D eigenvalue weighted by atomic mass is 19.4. The van der Waals surface area contributed by atoms with Crippen LogP contribution in [0.15, 0.2) is 91.0 Å². The summed E-state index contributed by atoms with van der Waals surface area (Å²) in [6.07, 6.45) is -0.902. The van der Waals surface area contributed by atoms with Gasteiger partial charge in [0.05, 0.1) is 30.7 Å². The second-order valence-corrected chi connectivity index (χ2v) is 12.0. The predicted molar refractivity (Wildman–Crippen MR) is 174 cm³/mol. The van der Waals surface area contributed by atoms with E-state index in [-0.39, 0.29) is 25.3 Å². The second kappa shape index (κ2) is 15.4. The number of carbonyl (C=O) groups is 4. The van der Waals surface area contributed by atoms with Crippen LogP contribution in [0.3, 0.4) is 0 Å². The minimum absolute atomic E-state index is 0.0214. The Morgan fingerprint density at radius 3 is 2.39 bits per heavy atom. The molecule has 0 aromatic heterocycles. The Balaban J connectivity index is 1.49. The zero-order valence-corrected chi connectivity index (χ0v) is 27.2. The third kappa shape index (κ3) is 8.13. The SMILES string of the molecule is CCCCOC(=O)C[C@H](C(=O)N(C)Cc1cccc(C(F)(F)F)c1)N1C(=O)[C@@H](N2C(=O)OC[C@@H]2c2ccccc2)[C@H]1/C=C/c1ccccc1. The molecule has 2 aliphatic rings. The molecule has 3 aromatic carbocycles. The molecule has 0 aliphatic carbocycles. The first-order chi connectivity index (χ1) is 23.5. The Labute approximate surface area is 282 Å². The maximum atomic E-state index is 14.2. The molecule has 12 heteroatoms. The van der Waals surface area contributed by atoms with Gasteiger partial charge < -0.3 is 19.3 Å². The number of likely N-dealkylation sites (N-methyl/N-ethyl adjacent to an activating group) is 1. The number of alkyl halides is 3. The molecule has 2 heterocycles. The third-order valence-corrected chi connectivity index (χ3v) is 8.63. The van der Waals surface area contributed by atoms with Gasteiger partial charge in [0, 0.05) is 13.6 Å². The molecule has 0 unspecified atom stereocenters. The lowest BCUT2D eigenvalue weighted by Crippen LogP contribution is -2.74. The van der Waals surface area contributed by atoms with Crippen molar-refractivity contribution in [2.45, 2.75) is 63.1 Å². The molecule has 2 fully saturated rings. The molecule has 2 aliphatic heterocycles. The molecule has 4 atom stereocenters. The van der Waals surface area contributed by atoms with Crippen molar-refractivity contribution in [3.8, 4) is 0 Å². The van der Waals surface area contributed by atoms with Gasteiger partial charge in [0.25, 0.3) is 0 Å². The maximum Gasteiger partial charge on any atom is 0.416 e. The largest absolute Gasteiger partial charge is 0.466 e. The molecule has 0 N–H and O–H groups in total. The minimum Gasteiger partial charge on any atom is -0.466 e. The molecule has 0 bridgehead atoms. The second-order valence-electron chi connectivity index (χ2n) is 12.0. The van der Waals surface area contributed by atoms with Gasteiger partial charge in [0.15, 0.2) is 0 Å². The summed E-state index contributed by atoms with van der Waals surface area (Å²) in [5.41, 5.74) is 0.916. The Hall–Kier alpha value is -5.13. The van der Waals surface area contributed by atoms with Crippen LogP contribution < -0.4 is 0 Å². The van der Waals surface area contributed by atoms with Crippen molar-refractivity contribution in [1.82, 2.24) is 14.7 Å². The fourth-order valence-electron chi connectivity index (χ4n) is 6.11. The lowest BCUT2D eigenvalue weighted by molar-refractivity contribution is -0.168. The van der Waals surface area contributed by atoms with E-state index in [9.17, 15) is 32.3 Å². The van der Waals surface area contributed by atoms with Crippen molar-refractivity contribution in [3.05, 3.63) is 113 Å². The summed E-state index contributed by atoms with van der Waals surface area (Å²) in [5, 5.41) is 0. The number of esters is 1. The molecular formula is C37H38F3N3O6. The number of unbranched alkanes of at least 4 members (excludes halogenated alkanes) is 1. The summed E-state index contributed by atoms with van der Waals surface area (Å²) >= 11 is 0. The number of β-lactam (4-membered cyclic amide) rings is 1. The summed E-state index contributed by atoms with van der Waals surface area (Å²) in [5.74, 6) is -1.95. The van der Waals surface area contributed by atoms with Crippen molar-refractivity contribution in [1.29, 1.82) is 0 Å². The van der Waals surface area contributed by atoms with Crippen LogP contribution in [-0.4, -0.2) is 77.0 Å². The third-order valence-electron chi connectivity index (χ3n) is 8.63. The highest BCUT2D eigenvalue weighted by molar-refractivity contribution is 5.99. The monoisotopic (exact) mass is 677 g/mol. The number of ether oxygens (including phenoxy) is 2. The zero-order valence-electron chi connectivity index (χ0n) is 27.2. The Kier molecular flexibility index (Phi) is 11.1. The van der Waals surface area contributed by atoms with Gasteiger partial charge in [-0.1, -0.05) is 98.3 Å². The van der Waals surface area contributed by atoms with Gasteiger partial charge in [-0.25, -0.2) is 4.79 Å². The van der Waals surface area contributed by atoms with Gasteiger partial charge in [-0.05, 0) is 35.2 Å². The molecule has 258 valence electrons. The Bertz CT molecular complexity index is 1670. The van der Waals surface area contributed by atoms with Crippen LogP contribution in [0, 0.1) is 0 Å². The summed E-state index contributed by atoms with van der Waals surface area (Å²) in [4.78, 5) is 58.4. The van der Waals surface area contributed by atoms with Crippen molar-refractivity contribution >= 4 is 30.0 Å². The molecular weight excluding hydrogens is 639 g/mol. The average molecular weight is 678 g/mol. The first kappa shape index (κ1) is 35.2. The van der Waals surface area contributed by atoms with E-state index in [4.69, 9.17) is 9.47 Å². The Morgan fingerprint density at radius 2 is 1.71 bits per heavy atom. The smallest absolute Gasteiger partial charge is 0.416 e. The van der Waals surface area contributed by atoms with E-state index in [1.165, 1.54) is 33.9 Å². The molecule has 0 saturated carbocycles. The molecule has 49 heavy (non-hydrogen) atoms. The number of likely N-dealkylation sites (tertiary alicyclic amines) is 1. The number of hydrogen-bond donors (Lipinski definition) is 0. The van der Waals surface area contributed by atoms with Gasteiger partial charge in [-0.3, -0.25) is 19.3 Å². The normalized spacial score (nSPS) is 19.8. The molecule has 3 aromatic rings. The molecule has 9 nitrogen and oxygen atoms in total. The van der Waals surface area contributed by atoms with Crippen molar-refractivity contribution in [3.63, 3.8) is 0 Å². The van der Waals surface area contributed by atoms with Crippen molar-refractivity contribution in [2.75, 3.05) is 20.3 Å². The summed E-state index contributed by atoms with van der Waals surface area (Å²) in [6.45, 7) is 1.86. The summed E-state index contributed by atoms with van der Waals surface area (Å²) < 4.78 is 51.0. The molecule has 5 rings (SSSR count). The van der Waals surface area contributed by atoms with E-state index in [0.29, 0.717) is 6.42 Å². The standard InChI is InChI=1S/C37H38F3N3O6/c1-3-4-20-48-32(44)22-30(34(45)41(2)23-26-14-11-17-28(21-26)37(38,39)40)42-29(19-18-25-12-7-5-8-13-25)33(35(42)46)43-31(24-49-36(43)47)27-15-9-6-10-16-27/h5-19,21,29-31,33H,3-4,20,22-24H2,1-2H3/b19-18+/t29-,30-,31-,33+/m1/s1. The quantitative estimate of drug-likeness (QED) is 0.121. The van der Waals surface area contributed by atoms with Crippen LogP contribution in [0.25, 0.3) is 6.08 Å². The van der Waals surface area contributed by atoms with E-state index >= 15 is 0 Å². The van der Waals surface area contributed by atoms with Gasteiger partial charge >= 0.3 is 18.2 Å². The first-order valence-electron chi connectivity index (χ1n) is 16.1. The van der Waals surface area contributed by atoms with Crippen LogP contribution in [0.2, 0.25) is 0 Å². The lowest BCUT2D eigenvalue weighted by atomic mass is 9.87. The Morgan fingerprint density at radius 1 is 1.02 bits per heavy atom. The average Bonchev–Trinajstić information content (AvgIpc) is 3.46. The molecule has 0 radical (unpaired) electrons.